The Bertz CT molecular complexity index is 1200. The van der Waals surface area contributed by atoms with Gasteiger partial charge in [0.25, 0.3) is 5.91 Å². The molecule has 0 aliphatic heterocycles. The Morgan fingerprint density at radius 1 is 0.967 bits per heavy atom. The number of para-hydroxylation sites is 1. The number of H-pyrrole nitrogens is 1. The summed E-state index contributed by atoms with van der Waals surface area (Å²) in [6, 6.07) is 10.3. The quantitative estimate of drug-likeness (QED) is 0.501. The first-order valence-electron chi connectivity index (χ1n) is 8.89. The lowest BCUT2D eigenvalue weighted by Gasteiger charge is -2.08. The van der Waals surface area contributed by atoms with Crippen LogP contribution in [0.15, 0.2) is 42.6 Å². The molecule has 0 spiro atoms. The van der Waals surface area contributed by atoms with E-state index in [1.165, 1.54) is 20.3 Å². The molecule has 0 bridgehead atoms. The number of nitrogens with one attached hydrogen (secondary N) is 2. The highest BCUT2D eigenvalue weighted by atomic mass is 16.5. The van der Waals surface area contributed by atoms with Crippen LogP contribution < -0.4 is 19.5 Å². The number of ether oxygens (including phenoxy) is 3. The fourth-order valence-corrected chi connectivity index (χ4v) is 2.84. The van der Waals surface area contributed by atoms with Crippen molar-refractivity contribution in [1.29, 1.82) is 0 Å². The predicted molar refractivity (Wildman–Crippen MR) is 109 cm³/mol. The average Bonchev–Trinajstić information content (AvgIpc) is 3.23. The third-order valence-corrected chi connectivity index (χ3v) is 4.29. The summed E-state index contributed by atoms with van der Waals surface area (Å²) in [7, 11) is 4.51. The van der Waals surface area contributed by atoms with E-state index in [0.29, 0.717) is 33.9 Å². The molecule has 3 heterocycles. The van der Waals surface area contributed by atoms with Gasteiger partial charge in [-0.3, -0.25) is 15.1 Å². The van der Waals surface area contributed by atoms with Gasteiger partial charge < -0.3 is 19.2 Å². The molecule has 0 aliphatic carbocycles. The summed E-state index contributed by atoms with van der Waals surface area (Å²) in [5.74, 6) is 1.33. The van der Waals surface area contributed by atoms with Crippen LogP contribution in [-0.4, -0.2) is 52.2 Å². The number of methoxy groups -OCH3 is 3. The topological polar surface area (TPSA) is 124 Å². The molecule has 10 nitrogen and oxygen atoms in total. The maximum absolute atomic E-state index is 12.9. The van der Waals surface area contributed by atoms with Crippen LogP contribution in [0.4, 0.5) is 5.95 Å². The van der Waals surface area contributed by atoms with Gasteiger partial charge in [0.2, 0.25) is 17.7 Å². The molecule has 4 aromatic rings. The molecule has 152 valence electrons. The van der Waals surface area contributed by atoms with Crippen LogP contribution in [-0.2, 0) is 0 Å². The number of anilines is 1. The summed E-state index contributed by atoms with van der Waals surface area (Å²) in [6.45, 7) is 0. The highest BCUT2D eigenvalue weighted by Gasteiger charge is 2.17. The van der Waals surface area contributed by atoms with E-state index in [-0.39, 0.29) is 17.7 Å². The van der Waals surface area contributed by atoms with Crippen molar-refractivity contribution in [1.82, 2.24) is 24.9 Å². The lowest BCUT2D eigenvalue weighted by molar-refractivity contribution is 0.102. The largest absolute Gasteiger partial charge is 0.497 e. The van der Waals surface area contributed by atoms with Crippen molar-refractivity contribution in [3.05, 3.63) is 48.2 Å². The number of nitrogens with zero attached hydrogens (tertiary/aromatic N) is 4. The molecule has 2 N–H and O–H groups in total. The molecule has 0 saturated carbocycles. The summed E-state index contributed by atoms with van der Waals surface area (Å²) in [6.07, 6.45) is 1.63. The predicted octanol–water partition coefficient (Wildman–Crippen LogP) is 2.69. The van der Waals surface area contributed by atoms with Crippen molar-refractivity contribution >= 4 is 22.9 Å². The zero-order valence-electron chi connectivity index (χ0n) is 16.5. The number of benzene rings is 1. The van der Waals surface area contributed by atoms with E-state index in [1.54, 1.807) is 37.6 Å². The highest BCUT2D eigenvalue weighted by molar-refractivity contribution is 6.11. The van der Waals surface area contributed by atoms with Crippen LogP contribution in [0, 0.1) is 0 Å². The zero-order chi connectivity index (χ0) is 21.1. The number of carbonyl (C=O) groups is 1. The smallest absolute Gasteiger partial charge is 0.260 e. The first-order valence-corrected chi connectivity index (χ1v) is 8.89. The third-order valence-electron chi connectivity index (χ3n) is 4.29. The lowest BCUT2D eigenvalue weighted by atomic mass is 10.2. The van der Waals surface area contributed by atoms with Crippen LogP contribution in [0.5, 0.6) is 17.5 Å². The molecule has 1 aromatic carbocycles. The van der Waals surface area contributed by atoms with Gasteiger partial charge in [-0.25, -0.2) is 4.98 Å². The summed E-state index contributed by atoms with van der Waals surface area (Å²) < 4.78 is 15.5. The van der Waals surface area contributed by atoms with Gasteiger partial charge in [-0.2, -0.15) is 9.97 Å². The van der Waals surface area contributed by atoms with Crippen molar-refractivity contribution in [3.8, 4) is 29.0 Å². The van der Waals surface area contributed by atoms with Crippen molar-refractivity contribution in [2.24, 2.45) is 0 Å². The lowest BCUT2D eigenvalue weighted by Crippen LogP contribution is -2.15. The summed E-state index contributed by atoms with van der Waals surface area (Å²) in [5.41, 5.74) is 2.12. The maximum Gasteiger partial charge on any atom is 0.260 e. The van der Waals surface area contributed by atoms with E-state index in [4.69, 9.17) is 14.2 Å². The molecule has 0 radical (unpaired) electrons. The summed E-state index contributed by atoms with van der Waals surface area (Å²) in [4.78, 5) is 33.2. The van der Waals surface area contributed by atoms with Crippen molar-refractivity contribution < 1.29 is 19.0 Å². The number of aromatic nitrogens is 5. The van der Waals surface area contributed by atoms with Gasteiger partial charge in [0, 0.05) is 12.3 Å². The monoisotopic (exact) mass is 406 g/mol. The number of imidazole rings is 1. The van der Waals surface area contributed by atoms with Crippen molar-refractivity contribution in [2.75, 3.05) is 26.6 Å². The second-order valence-corrected chi connectivity index (χ2v) is 6.10. The zero-order valence-corrected chi connectivity index (χ0v) is 16.5. The van der Waals surface area contributed by atoms with E-state index >= 15 is 0 Å². The minimum atomic E-state index is -0.424. The molecule has 0 saturated heterocycles. The van der Waals surface area contributed by atoms with Gasteiger partial charge >= 0.3 is 0 Å². The number of pyridine rings is 1. The molecule has 3 aromatic heterocycles. The van der Waals surface area contributed by atoms with E-state index in [0.717, 1.165) is 0 Å². The Balaban J connectivity index is 1.69. The first-order chi connectivity index (χ1) is 14.6. The molecule has 0 unspecified atom stereocenters. The van der Waals surface area contributed by atoms with Gasteiger partial charge in [0.1, 0.15) is 17.0 Å². The van der Waals surface area contributed by atoms with E-state index in [2.05, 4.69) is 30.2 Å². The Hall–Kier alpha value is -4.21. The van der Waals surface area contributed by atoms with Gasteiger partial charge in [0.05, 0.1) is 38.5 Å². The Morgan fingerprint density at radius 3 is 2.43 bits per heavy atom. The van der Waals surface area contributed by atoms with Crippen LogP contribution in [0.25, 0.3) is 22.6 Å². The minimum absolute atomic E-state index is 0.0541. The fourth-order valence-electron chi connectivity index (χ4n) is 2.84. The number of fused-ring (bicyclic) bond motifs is 1. The van der Waals surface area contributed by atoms with E-state index in [9.17, 15) is 4.79 Å². The number of amides is 1. The average molecular weight is 406 g/mol. The number of aromatic amines is 1. The number of hydrogen-bond donors (Lipinski definition) is 2. The number of rotatable bonds is 6. The van der Waals surface area contributed by atoms with Gasteiger partial charge in [-0.05, 0) is 18.2 Å². The number of carbonyl (C=O) groups excluding carboxylic acids is 1. The van der Waals surface area contributed by atoms with Gasteiger partial charge in [-0.15, -0.1) is 0 Å². The summed E-state index contributed by atoms with van der Waals surface area (Å²) >= 11 is 0. The molecule has 0 fully saturated rings. The molecular formula is C20H18N6O4. The number of hydrogen-bond acceptors (Lipinski definition) is 8. The second-order valence-electron chi connectivity index (χ2n) is 6.10. The van der Waals surface area contributed by atoms with Crippen LogP contribution >= 0.6 is 0 Å². The Labute approximate surface area is 171 Å². The third kappa shape index (κ3) is 3.70. The first kappa shape index (κ1) is 19.1. The van der Waals surface area contributed by atoms with Crippen molar-refractivity contribution in [3.63, 3.8) is 0 Å². The van der Waals surface area contributed by atoms with Crippen LogP contribution in [0.2, 0.25) is 0 Å². The summed E-state index contributed by atoms with van der Waals surface area (Å²) in [5, 5.41) is 2.66. The molecular weight excluding hydrogens is 388 g/mol. The standard InChI is InChI=1S/C20H18N6O4/c1-28-11-7-8-21-14(9-11)18-22-13-6-4-5-12(17(13)25-18)19(27)26-20-23-15(29-2)10-16(24-20)30-3/h4-10H,1-3H3,(H,22,25)(H,23,24,26,27). The van der Waals surface area contributed by atoms with E-state index < -0.39 is 5.91 Å². The molecule has 4 rings (SSSR count). The van der Waals surface area contributed by atoms with Crippen LogP contribution in [0.3, 0.4) is 0 Å². The van der Waals surface area contributed by atoms with Gasteiger partial charge in [0.15, 0.2) is 5.82 Å². The van der Waals surface area contributed by atoms with Crippen molar-refractivity contribution in [2.45, 2.75) is 0 Å². The minimum Gasteiger partial charge on any atom is -0.497 e. The Kier molecular flexibility index (Phi) is 5.12. The maximum atomic E-state index is 12.9. The van der Waals surface area contributed by atoms with E-state index in [1.807, 2.05) is 6.07 Å². The molecule has 10 heteroatoms. The Morgan fingerprint density at radius 2 is 1.73 bits per heavy atom. The molecule has 30 heavy (non-hydrogen) atoms. The highest BCUT2D eigenvalue weighted by Crippen LogP contribution is 2.25. The van der Waals surface area contributed by atoms with Gasteiger partial charge in [-0.1, -0.05) is 6.07 Å². The second kappa shape index (κ2) is 8.03. The van der Waals surface area contributed by atoms with Crippen LogP contribution in [0.1, 0.15) is 10.4 Å². The fraction of sp³-hybridized carbons (Fsp3) is 0.150. The molecule has 1 amide bonds. The normalized spacial score (nSPS) is 10.6. The SMILES string of the molecule is COc1ccnc(-c2nc3c(C(=O)Nc4nc(OC)cc(OC)n4)cccc3[nH]2)c1. The molecule has 0 atom stereocenters. The molecule has 0 aliphatic rings.